The van der Waals surface area contributed by atoms with E-state index in [0.717, 1.165) is 22.7 Å². The van der Waals surface area contributed by atoms with Gasteiger partial charge >= 0.3 is 0 Å². The second kappa shape index (κ2) is 7.82. The summed E-state index contributed by atoms with van der Waals surface area (Å²) in [7, 11) is -3.78. The zero-order valence-electron chi connectivity index (χ0n) is 14.6. The van der Waals surface area contributed by atoms with Crippen molar-refractivity contribution in [2.75, 3.05) is 10.6 Å². The monoisotopic (exact) mass is 382 g/mol. The van der Waals surface area contributed by atoms with E-state index in [9.17, 15) is 22.0 Å². The second-order valence-electron chi connectivity index (χ2n) is 5.99. The fraction of sp³-hybridized carbons (Fsp3) is 0.278. The van der Waals surface area contributed by atoms with Gasteiger partial charge in [0.25, 0.3) is 0 Å². The summed E-state index contributed by atoms with van der Waals surface area (Å²) in [4.78, 5) is 12.6. The van der Waals surface area contributed by atoms with Crippen molar-refractivity contribution in [1.29, 1.82) is 0 Å². The van der Waals surface area contributed by atoms with E-state index in [0.29, 0.717) is 5.56 Å². The molecule has 0 fully saturated rings. The Bertz CT molecular complexity index is 868. The SMILES string of the molecule is C[C@H](C(=O)N[C@H](C)c1ccc(F)cc1)N(c1ccc(F)cc1)S(C)(=O)=O. The number of amides is 1. The lowest BCUT2D eigenvalue weighted by molar-refractivity contribution is -0.122. The number of nitrogens with zero attached hydrogens (tertiary/aromatic N) is 1. The van der Waals surface area contributed by atoms with Crippen molar-refractivity contribution in [2.45, 2.75) is 25.9 Å². The van der Waals surface area contributed by atoms with Crippen molar-refractivity contribution in [2.24, 2.45) is 0 Å². The first kappa shape index (κ1) is 19.8. The van der Waals surface area contributed by atoms with E-state index in [1.165, 1.54) is 31.2 Å². The molecule has 0 spiro atoms. The van der Waals surface area contributed by atoms with E-state index in [4.69, 9.17) is 0 Å². The Kier molecular flexibility index (Phi) is 5.97. The van der Waals surface area contributed by atoms with Crippen LogP contribution in [0.15, 0.2) is 48.5 Å². The first-order chi connectivity index (χ1) is 12.1. The van der Waals surface area contributed by atoms with E-state index in [1.807, 2.05) is 0 Å². The fourth-order valence-corrected chi connectivity index (χ4v) is 3.74. The molecule has 0 heterocycles. The number of carbonyl (C=O) groups is 1. The molecule has 0 unspecified atom stereocenters. The van der Waals surface area contributed by atoms with Crippen molar-refractivity contribution in [3.05, 3.63) is 65.7 Å². The summed E-state index contributed by atoms with van der Waals surface area (Å²) in [5.74, 6) is -1.43. The average Bonchev–Trinajstić information content (AvgIpc) is 2.56. The lowest BCUT2D eigenvalue weighted by Crippen LogP contribution is -2.48. The van der Waals surface area contributed by atoms with Gasteiger partial charge in [0.1, 0.15) is 17.7 Å². The minimum atomic E-state index is -3.78. The van der Waals surface area contributed by atoms with Crippen LogP contribution in [0.3, 0.4) is 0 Å². The Labute approximate surface area is 151 Å². The fourth-order valence-electron chi connectivity index (χ4n) is 2.57. The molecule has 140 valence electrons. The highest BCUT2D eigenvalue weighted by Gasteiger charge is 2.29. The van der Waals surface area contributed by atoms with Crippen LogP contribution in [0.1, 0.15) is 25.5 Å². The molecular weight excluding hydrogens is 362 g/mol. The van der Waals surface area contributed by atoms with Gasteiger partial charge in [-0.3, -0.25) is 9.10 Å². The highest BCUT2D eigenvalue weighted by Crippen LogP contribution is 2.22. The predicted octanol–water partition coefficient (Wildman–Crippen LogP) is 3.00. The van der Waals surface area contributed by atoms with Crippen LogP contribution in [0, 0.1) is 11.6 Å². The average molecular weight is 382 g/mol. The van der Waals surface area contributed by atoms with Gasteiger partial charge in [-0.25, -0.2) is 17.2 Å². The maximum absolute atomic E-state index is 13.1. The Morgan fingerprint density at radius 2 is 1.42 bits per heavy atom. The van der Waals surface area contributed by atoms with Gasteiger partial charge in [0.2, 0.25) is 15.9 Å². The van der Waals surface area contributed by atoms with Crippen LogP contribution in [-0.4, -0.2) is 26.6 Å². The molecule has 2 atom stereocenters. The van der Waals surface area contributed by atoms with Gasteiger partial charge in [-0.15, -0.1) is 0 Å². The largest absolute Gasteiger partial charge is 0.348 e. The number of carbonyl (C=O) groups excluding carboxylic acids is 1. The smallest absolute Gasteiger partial charge is 0.244 e. The molecule has 0 saturated carbocycles. The minimum absolute atomic E-state index is 0.186. The summed E-state index contributed by atoms with van der Waals surface area (Å²) in [6, 6.07) is 8.98. The van der Waals surface area contributed by atoms with E-state index in [2.05, 4.69) is 5.32 Å². The first-order valence-corrected chi connectivity index (χ1v) is 9.75. The molecule has 1 N–H and O–H groups in total. The van der Waals surface area contributed by atoms with Crippen LogP contribution in [0.4, 0.5) is 14.5 Å². The number of rotatable bonds is 6. The molecule has 5 nitrogen and oxygen atoms in total. The van der Waals surface area contributed by atoms with E-state index < -0.39 is 33.8 Å². The van der Waals surface area contributed by atoms with Gasteiger partial charge in [0, 0.05) is 0 Å². The third-order valence-electron chi connectivity index (χ3n) is 3.90. The zero-order chi connectivity index (χ0) is 19.5. The minimum Gasteiger partial charge on any atom is -0.348 e. The molecule has 0 aliphatic rings. The molecule has 0 aromatic heterocycles. The van der Waals surface area contributed by atoms with Gasteiger partial charge in [-0.2, -0.15) is 0 Å². The highest BCUT2D eigenvalue weighted by molar-refractivity contribution is 7.92. The Balaban J connectivity index is 2.22. The summed E-state index contributed by atoms with van der Waals surface area (Å²) in [6.07, 6.45) is 0.976. The standard InChI is InChI=1S/C18H20F2N2O3S/c1-12(14-4-6-15(19)7-5-14)21-18(23)13(2)22(26(3,24)25)17-10-8-16(20)9-11-17/h4-13H,1-3H3,(H,21,23)/t12-,13-/m1/s1. The first-order valence-electron chi connectivity index (χ1n) is 7.90. The summed E-state index contributed by atoms with van der Waals surface area (Å²) in [6.45, 7) is 3.15. The van der Waals surface area contributed by atoms with Crippen LogP contribution < -0.4 is 9.62 Å². The quantitative estimate of drug-likeness (QED) is 0.835. The van der Waals surface area contributed by atoms with Crippen molar-refractivity contribution >= 4 is 21.6 Å². The Morgan fingerprint density at radius 3 is 1.88 bits per heavy atom. The number of hydrogen-bond donors (Lipinski definition) is 1. The van der Waals surface area contributed by atoms with Gasteiger partial charge in [0.05, 0.1) is 18.0 Å². The second-order valence-corrected chi connectivity index (χ2v) is 7.85. The maximum atomic E-state index is 13.1. The molecule has 2 aromatic carbocycles. The molecule has 8 heteroatoms. The molecule has 0 aliphatic carbocycles. The van der Waals surface area contributed by atoms with Crippen molar-refractivity contribution in [3.63, 3.8) is 0 Å². The molecule has 1 amide bonds. The van der Waals surface area contributed by atoms with Crippen LogP contribution in [0.5, 0.6) is 0 Å². The number of hydrogen-bond acceptors (Lipinski definition) is 3. The van der Waals surface area contributed by atoms with Crippen molar-refractivity contribution in [1.82, 2.24) is 5.32 Å². The van der Waals surface area contributed by atoms with Crippen molar-refractivity contribution in [3.8, 4) is 0 Å². The molecule has 0 radical (unpaired) electrons. The molecule has 0 bridgehead atoms. The highest BCUT2D eigenvalue weighted by atomic mass is 32.2. The summed E-state index contributed by atoms with van der Waals surface area (Å²) < 4.78 is 51.4. The van der Waals surface area contributed by atoms with Gasteiger partial charge < -0.3 is 5.32 Å². The number of benzene rings is 2. The van der Waals surface area contributed by atoms with Gasteiger partial charge in [0.15, 0.2) is 0 Å². The molecule has 2 rings (SSSR count). The maximum Gasteiger partial charge on any atom is 0.244 e. The van der Waals surface area contributed by atoms with Crippen molar-refractivity contribution < 1.29 is 22.0 Å². The lowest BCUT2D eigenvalue weighted by Gasteiger charge is -2.29. The summed E-state index contributed by atoms with van der Waals surface area (Å²) in [5, 5.41) is 2.71. The topological polar surface area (TPSA) is 66.5 Å². The normalized spacial score (nSPS) is 13.7. The lowest BCUT2D eigenvalue weighted by atomic mass is 10.1. The van der Waals surface area contributed by atoms with E-state index in [1.54, 1.807) is 19.1 Å². The molecule has 2 aromatic rings. The third-order valence-corrected chi connectivity index (χ3v) is 5.14. The number of anilines is 1. The molecular formula is C18H20F2N2O3S. The molecule has 0 saturated heterocycles. The van der Waals surface area contributed by atoms with Crippen LogP contribution >= 0.6 is 0 Å². The summed E-state index contributed by atoms with van der Waals surface area (Å²) in [5.41, 5.74) is 0.866. The van der Waals surface area contributed by atoms with Crippen LogP contribution in [-0.2, 0) is 14.8 Å². The predicted molar refractivity (Wildman–Crippen MR) is 96.1 cm³/mol. The summed E-state index contributed by atoms with van der Waals surface area (Å²) >= 11 is 0. The number of nitrogens with one attached hydrogen (secondary N) is 1. The van der Waals surface area contributed by atoms with E-state index in [-0.39, 0.29) is 11.5 Å². The Morgan fingerprint density at radius 1 is 0.962 bits per heavy atom. The number of halogens is 2. The van der Waals surface area contributed by atoms with Gasteiger partial charge in [-0.05, 0) is 55.8 Å². The third kappa shape index (κ3) is 4.78. The molecule has 26 heavy (non-hydrogen) atoms. The zero-order valence-corrected chi connectivity index (χ0v) is 15.4. The van der Waals surface area contributed by atoms with Gasteiger partial charge in [-0.1, -0.05) is 12.1 Å². The molecule has 0 aliphatic heterocycles. The van der Waals surface area contributed by atoms with E-state index >= 15 is 0 Å². The Hall–Kier alpha value is -2.48. The number of sulfonamides is 1. The van der Waals surface area contributed by atoms with Crippen LogP contribution in [0.2, 0.25) is 0 Å². The van der Waals surface area contributed by atoms with Crippen LogP contribution in [0.25, 0.3) is 0 Å².